The smallest absolute Gasteiger partial charge is 0.417 e. The van der Waals surface area contributed by atoms with Gasteiger partial charge in [-0.3, -0.25) is 4.79 Å². The van der Waals surface area contributed by atoms with Crippen LogP contribution in [-0.2, 0) is 6.18 Å². The number of rotatable bonds is 1. The highest BCUT2D eigenvalue weighted by molar-refractivity contribution is 5.62. The summed E-state index contributed by atoms with van der Waals surface area (Å²) in [4.78, 5) is 11.7. The van der Waals surface area contributed by atoms with E-state index in [0.717, 1.165) is 0 Å². The lowest BCUT2D eigenvalue weighted by molar-refractivity contribution is -0.138. The second kappa shape index (κ2) is 4.88. The van der Waals surface area contributed by atoms with Gasteiger partial charge in [-0.1, -0.05) is 12.1 Å². The molecule has 2 rings (SSSR count). The van der Waals surface area contributed by atoms with E-state index in [2.05, 4.69) is 12.1 Å². The van der Waals surface area contributed by atoms with E-state index in [1.54, 1.807) is 6.92 Å². The molecule has 0 spiro atoms. The second-order valence-electron chi connectivity index (χ2n) is 4.24. The lowest BCUT2D eigenvalue weighted by Gasteiger charge is -2.13. The normalized spacial score (nSPS) is 10.8. The number of aryl methyl sites for hydroxylation is 1. The Morgan fingerprint density at radius 3 is 2.57 bits per heavy atom. The summed E-state index contributed by atoms with van der Waals surface area (Å²) in [6.07, 6.45) is -4.88. The number of hydrogen-bond acceptors (Lipinski definition) is 3. The molecule has 1 heterocycles. The minimum absolute atomic E-state index is 0.0242. The van der Waals surface area contributed by atoms with Gasteiger partial charge in [-0.15, -0.1) is 4.73 Å². The Hall–Kier alpha value is -2.93. The van der Waals surface area contributed by atoms with Gasteiger partial charge in [-0.25, -0.2) is 0 Å². The number of nitrogens with zero attached hydrogens (tertiary/aromatic N) is 2. The molecule has 106 valence electrons. The summed E-state index contributed by atoms with van der Waals surface area (Å²) >= 11 is 0. The summed E-state index contributed by atoms with van der Waals surface area (Å²) in [7, 11) is 0. The number of alkyl halides is 3. The molecule has 1 N–H and O–H groups in total. The van der Waals surface area contributed by atoms with Crippen molar-refractivity contribution < 1.29 is 18.4 Å². The molecule has 1 aromatic heterocycles. The van der Waals surface area contributed by atoms with E-state index in [0.29, 0.717) is 11.6 Å². The monoisotopic (exact) mass is 292 g/mol. The summed E-state index contributed by atoms with van der Waals surface area (Å²) in [6.45, 7) is 1.63. The molecule has 4 nitrogen and oxygen atoms in total. The first-order valence-corrected chi connectivity index (χ1v) is 5.62. The zero-order valence-electron chi connectivity index (χ0n) is 10.6. The van der Waals surface area contributed by atoms with Crippen LogP contribution in [0.4, 0.5) is 13.2 Å². The van der Waals surface area contributed by atoms with E-state index in [1.165, 1.54) is 18.2 Å². The van der Waals surface area contributed by atoms with Crippen molar-refractivity contribution in [2.45, 2.75) is 13.1 Å². The van der Waals surface area contributed by atoms with Crippen LogP contribution in [0.3, 0.4) is 0 Å². The Kier molecular flexibility index (Phi) is 3.36. The van der Waals surface area contributed by atoms with Crippen molar-refractivity contribution in [3.8, 4) is 17.3 Å². The predicted octanol–water partition coefficient (Wildman–Crippen LogP) is 2.55. The predicted molar refractivity (Wildman–Crippen MR) is 65.4 cm³/mol. The van der Waals surface area contributed by atoms with Crippen molar-refractivity contribution in [1.82, 2.24) is 4.73 Å². The van der Waals surface area contributed by atoms with Crippen LogP contribution in [0.1, 0.15) is 16.7 Å². The van der Waals surface area contributed by atoms with Gasteiger partial charge in [0.1, 0.15) is 11.6 Å². The van der Waals surface area contributed by atoms with Crippen LogP contribution in [0.15, 0.2) is 23.0 Å². The molecule has 0 aliphatic carbocycles. The zero-order chi connectivity index (χ0) is 15.8. The topological polar surface area (TPSA) is 66.0 Å². The molecule has 0 radical (unpaired) electrons. The molecular formula is C14H7F3N2O2. The SMILES string of the molecule is Cc1c#ccc(-c2cc(C(F)(F)F)c(C#N)c(=O)n2O)c1. The van der Waals surface area contributed by atoms with Crippen LogP contribution >= 0.6 is 0 Å². The molecule has 7 heteroatoms. The largest absolute Gasteiger partial charge is 0.425 e. The van der Waals surface area contributed by atoms with Crippen LogP contribution in [0.5, 0.6) is 0 Å². The molecule has 0 amide bonds. The Morgan fingerprint density at radius 1 is 1.38 bits per heavy atom. The van der Waals surface area contributed by atoms with E-state index in [9.17, 15) is 23.2 Å². The number of hydrogen-bond donors (Lipinski definition) is 1. The van der Waals surface area contributed by atoms with Crippen molar-refractivity contribution in [2.24, 2.45) is 0 Å². The maximum absolute atomic E-state index is 12.9. The highest BCUT2D eigenvalue weighted by Gasteiger charge is 2.36. The number of pyridine rings is 1. The highest BCUT2D eigenvalue weighted by Crippen LogP contribution is 2.33. The van der Waals surface area contributed by atoms with Crippen molar-refractivity contribution in [2.75, 3.05) is 0 Å². The van der Waals surface area contributed by atoms with Gasteiger partial charge in [0.05, 0.1) is 11.3 Å². The van der Waals surface area contributed by atoms with Crippen LogP contribution < -0.4 is 5.56 Å². The summed E-state index contributed by atoms with van der Waals surface area (Å²) < 4.78 is 38.8. The third-order valence-corrected chi connectivity index (χ3v) is 2.77. The molecule has 21 heavy (non-hydrogen) atoms. The Morgan fingerprint density at radius 2 is 2.05 bits per heavy atom. The fourth-order valence-electron chi connectivity index (χ4n) is 1.82. The average molecular weight is 292 g/mol. The summed E-state index contributed by atoms with van der Waals surface area (Å²) in [5, 5.41) is 18.4. The van der Waals surface area contributed by atoms with Crippen molar-refractivity contribution >= 4 is 0 Å². The molecule has 0 aliphatic rings. The van der Waals surface area contributed by atoms with Gasteiger partial charge in [-0.2, -0.15) is 18.4 Å². The lowest BCUT2D eigenvalue weighted by Crippen LogP contribution is -2.26. The molecule has 0 fully saturated rings. The number of nitriles is 1. The van der Waals surface area contributed by atoms with Crippen LogP contribution in [-0.4, -0.2) is 9.94 Å². The maximum atomic E-state index is 12.9. The van der Waals surface area contributed by atoms with E-state index >= 15 is 0 Å². The molecule has 0 saturated heterocycles. The van der Waals surface area contributed by atoms with E-state index in [-0.39, 0.29) is 16.0 Å². The van der Waals surface area contributed by atoms with Gasteiger partial charge < -0.3 is 5.21 Å². The molecule has 0 saturated carbocycles. The second-order valence-corrected chi connectivity index (χ2v) is 4.24. The number of halogens is 3. The first-order valence-electron chi connectivity index (χ1n) is 5.62. The highest BCUT2D eigenvalue weighted by atomic mass is 19.4. The quantitative estimate of drug-likeness (QED) is 0.821. The third kappa shape index (κ3) is 2.54. The van der Waals surface area contributed by atoms with Crippen molar-refractivity contribution in [3.05, 3.63) is 57.4 Å². The fraction of sp³-hybridized carbons (Fsp3) is 0.143. The molecule has 0 bridgehead atoms. The molecule has 0 unspecified atom stereocenters. The average Bonchev–Trinajstić information content (AvgIpc) is 2.40. The summed E-state index contributed by atoms with van der Waals surface area (Å²) in [5.41, 5.74) is -3.62. The van der Waals surface area contributed by atoms with Crippen LogP contribution in [0.2, 0.25) is 0 Å². The van der Waals surface area contributed by atoms with Gasteiger partial charge in [0.25, 0.3) is 0 Å². The van der Waals surface area contributed by atoms with E-state index < -0.39 is 22.9 Å². The van der Waals surface area contributed by atoms with Gasteiger partial charge in [0.2, 0.25) is 0 Å². The first-order chi connectivity index (χ1) is 9.75. The van der Waals surface area contributed by atoms with E-state index in [4.69, 9.17) is 5.26 Å². The molecule has 1 aromatic carbocycles. The standard InChI is InChI=1S/C14H7F3N2O2/c1-8-3-2-4-9(5-8)12-6-11(14(15,16)17)10(7-18)13(20)19(12)21/h4-6,21H,1H3. The first kappa shape index (κ1) is 14.5. The van der Waals surface area contributed by atoms with Crippen molar-refractivity contribution in [3.63, 3.8) is 0 Å². The van der Waals surface area contributed by atoms with Gasteiger partial charge in [0, 0.05) is 5.56 Å². The minimum atomic E-state index is -4.88. The maximum Gasteiger partial charge on any atom is 0.417 e. The van der Waals surface area contributed by atoms with Gasteiger partial charge >= 0.3 is 11.7 Å². The Labute approximate surface area is 117 Å². The number of aromatic nitrogens is 1. The summed E-state index contributed by atoms with van der Waals surface area (Å²) in [6, 6.07) is 9.68. The molecule has 0 aliphatic heterocycles. The van der Waals surface area contributed by atoms with E-state index in [1.807, 2.05) is 0 Å². The molecule has 2 aromatic rings. The Balaban J connectivity index is 2.84. The summed E-state index contributed by atoms with van der Waals surface area (Å²) in [5.74, 6) is 0. The van der Waals surface area contributed by atoms with Crippen molar-refractivity contribution in [1.29, 1.82) is 5.26 Å². The zero-order valence-corrected chi connectivity index (χ0v) is 10.6. The van der Waals surface area contributed by atoms with Gasteiger partial charge in [-0.05, 0) is 30.7 Å². The molecule has 0 atom stereocenters. The lowest BCUT2D eigenvalue weighted by atomic mass is 10.0. The minimum Gasteiger partial charge on any atom is -0.425 e. The molecular weight excluding hydrogens is 285 g/mol. The Bertz CT molecular complexity index is 801. The fourth-order valence-corrected chi connectivity index (χ4v) is 1.82. The van der Waals surface area contributed by atoms with Crippen LogP contribution in [0.25, 0.3) is 11.3 Å². The third-order valence-electron chi connectivity index (χ3n) is 2.77. The van der Waals surface area contributed by atoms with Crippen LogP contribution in [0, 0.1) is 30.4 Å². The van der Waals surface area contributed by atoms with Gasteiger partial charge in [0.15, 0.2) is 0 Å².